The third kappa shape index (κ3) is 6.01. The van der Waals surface area contributed by atoms with Crippen LogP contribution in [0, 0.1) is 5.82 Å². The van der Waals surface area contributed by atoms with E-state index in [0.29, 0.717) is 13.1 Å². The predicted octanol–water partition coefficient (Wildman–Crippen LogP) is 2.41. The molecule has 3 rings (SSSR count). The lowest BCUT2D eigenvalue weighted by molar-refractivity contribution is -0.114. The number of nitrogens with zero attached hydrogens (tertiary/aromatic N) is 2. The van der Waals surface area contributed by atoms with Crippen LogP contribution < -0.4 is 14.4 Å². The number of hydrogen-bond donors (Lipinski definition) is 1. The smallest absolute Gasteiger partial charge is 0.245 e. The van der Waals surface area contributed by atoms with Crippen molar-refractivity contribution in [2.75, 3.05) is 42.6 Å². The van der Waals surface area contributed by atoms with Gasteiger partial charge in [0, 0.05) is 13.1 Å². The van der Waals surface area contributed by atoms with Crippen LogP contribution in [0.4, 0.5) is 15.8 Å². The molecule has 12 heteroatoms. The molecule has 0 unspecified atom stereocenters. The Morgan fingerprint density at radius 1 is 1.09 bits per heavy atom. The van der Waals surface area contributed by atoms with Gasteiger partial charge in [-0.05, 0) is 49.2 Å². The van der Waals surface area contributed by atoms with Gasteiger partial charge in [0.05, 0.1) is 29.6 Å². The highest BCUT2D eigenvalue weighted by Crippen LogP contribution is 2.30. The van der Waals surface area contributed by atoms with Gasteiger partial charge in [-0.3, -0.25) is 9.10 Å². The number of methoxy groups -OCH3 is 1. The molecule has 1 fully saturated rings. The molecule has 1 aliphatic rings. The summed E-state index contributed by atoms with van der Waals surface area (Å²) in [6.45, 7) is 0.203. The summed E-state index contributed by atoms with van der Waals surface area (Å²) in [7, 11) is -6.31. The number of carbonyl (C=O) groups excluding carboxylic acids is 1. The summed E-state index contributed by atoms with van der Waals surface area (Å²) < 4.78 is 71.5. The normalized spacial score (nSPS) is 15.1. The van der Waals surface area contributed by atoms with Gasteiger partial charge >= 0.3 is 0 Å². The van der Waals surface area contributed by atoms with E-state index in [2.05, 4.69) is 5.32 Å². The summed E-state index contributed by atoms with van der Waals surface area (Å²) in [6.07, 6.45) is 3.43. The highest BCUT2D eigenvalue weighted by atomic mass is 32.2. The monoisotopic (exact) mass is 499 g/mol. The molecule has 1 N–H and O–H groups in total. The molecule has 0 aromatic heterocycles. The maximum Gasteiger partial charge on any atom is 0.245 e. The van der Waals surface area contributed by atoms with Crippen molar-refractivity contribution in [3.8, 4) is 5.75 Å². The number of anilines is 2. The molecular weight excluding hydrogens is 473 g/mol. The number of piperidine rings is 1. The van der Waals surface area contributed by atoms with Crippen molar-refractivity contribution in [3.63, 3.8) is 0 Å². The van der Waals surface area contributed by atoms with Crippen LogP contribution in [0.25, 0.3) is 0 Å². The topological polar surface area (TPSA) is 113 Å². The number of ether oxygens (including phenoxy) is 1. The molecule has 0 saturated carbocycles. The van der Waals surface area contributed by atoms with Crippen molar-refractivity contribution < 1.29 is 30.8 Å². The second kappa shape index (κ2) is 10.1. The van der Waals surface area contributed by atoms with E-state index in [1.54, 1.807) is 0 Å². The van der Waals surface area contributed by atoms with Crippen molar-refractivity contribution in [1.29, 1.82) is 0 Å². The lowest BCUT2D eigenvalue weighted by Gasteiger charge is -2.26. The Balaban J connectivity index is 1.86. The molecule has 33 heavy (non-hydrogen) atoms. The standard InChI is InChI=1S/C21H26FN3O6S2/c1-31-20-10-9-18(33(29,30)24-11-4-3-5-12-24)14-19(20)23-21(26)15-25(32(2,27)28)17-8-6-7-16(22)13-17/h6-10,13-14H,3-5,11-12,15H2,1-2H3,(H,23,26). The quantitative estimate of drug-likeness (QED) is 0.597. The Morgan fingerprint density at radius 2 is 1.79 bits per heavy atom. The van der Waals surface area contributed by atoms with E-state index in [1.165, 1.54) is 41.7 Å². The number of halogens is 1. The van der Waals surface area contributed by atoms with Gasteiger partial charge in [0.1, 0.15) is 18.1 Å². The molecule has 0 radical (unpaired) electrons. The van der Waals surface area contributed by atoms with Crippen molar-refractivity contribution in [2.45, 2.75) is 24.2 Å². The van der Waals surface area contributed by atoms with Crippen molar-refractivity contribution >= 4 is 37.3 Å². The Hall–Kier alpha value is -2.70. The Labute approximate surface area is 193 Å². The highest BCUT2D eigenvalue weighted by Gasteiger charge is 2.27. The molecule has 9 nitrogen and oxygen atoms in total. The maximum absolute atomic E-state index is 13.6. The number of hydrogen-bond acceptors (Lipinski definition) is 6. The summed E-state index contributed by atoms with van der Waals surface area (Å²) in [5.74, 6) is -1.20. The number of rotatable bonds is 8. The summed E-state index contributed by atoms with van der Waals surface area (Å²) in [5, 5.41) is 2.52. The van der Waals surface area contributed by atoms with Crippen molar-refractivity contribution in [2.24, 2.45) is 0 Å². The molecule has 1 aliphatic heterocycles. The van der Waals surface area contributed by atoms with Crippen LogP contribution in [0.1, 0.15) is 19.3 Å². The van der Waals surface area contributed by atoms with Crippen molar-refractivity contribution in [1.82, 2.24) is 4.31 Å². The summed E-state index contributed by atoms with van der Waals surface area (Å²) >= 11 is 0. The van der Waals surface area contributed by atoms with Gasteiger partial charge in [-0.2, -0.15) is 4.31 Å². The number of benzene rings is 2. The zero-order valence-electron chi connectivity index (χ0n) is 18.3. The molecule has 0 bridgehead atoms. The molecule has 0 aliphatic carbocycles. The number of sulfonamides is 2. The van der Waals surface area contributed by atoms with Gasteiger partial charge < -0.3 is 10.1 Å². The zero-order chi connectivity index (χ0) is 24.2. The minimum atomic E-state index is -3.91. The van der Waals surface area contributed by atoms with Gasteiger partial charge in [0.25, 0.3) is 0 Å². The van der Waals surface area contributed by atoms with E-state index in [-0.39, 0.29) is 22.0 Å². The first-order valence-electron chi connectivity index (χ1n) is 10.2. The first-order chi connectivity index (χ1) is 15.5. The third-order valence-corrected chi connectivity index (χ3v) is 8.22. The van der Waals surface area contributed by atoms with Gasteiger partial charge in [-0.25, -0.2) is 21.2 Å². The fourth-order valence-electron chi connectivity index (χ4n) is 3.55. The number of carbonyl (C=O) groups is 1. The van der Waals surface area contributed by atoms with Gasteiger partial charge in [0.2, 0.25) is 26.0 Å². The molecule has 1 saturated heterocycles. The molecule has 2 aromatic rings. The lowest BCUT2D eigenvalue weighted by Crippen LogP contribution is -2.37. The minimum Gasteiger partial charge on any atom is -0.495 e. The second-order valence-electron chi connectivity index (χ2n) is 7.62. The molecule has 0 atom stereocenters. The second-order valence-corrected chi connectivity index (χ2v) is 11.5. The maximum atomic E-state index is 13.6. The lowest BCUT2D eigenvalue weighted by atomic mass is 10.2. The molecule has 2 aromatic carbocycles. The van der Waals surface area contributed by atoms with E-state index in [4.69, 9.17) is 4.74 Å². The van der Waals surface area contributed by atoms with Gasteiger partial charge in [-0.1, -0.05) is 12.5 Å². The van der Waals surface area contributed by atoms with Crippen LogP contribution in [-0.2, 0) is 24.8 Å². The average molecular weight is 500 g/mol. The predicted molar refractivity (Wildman–Crippen MR) is 123 cm³/mol. The summed E-state index contributed by atoms with van der Waals surface area (Å²) in [5.41, 5.74) is 0.0642. The zero-order valence-corrected chi connectivity index (χ0v) is 20.0. The highest BCUT2D eigenvalue weighted by molar-refractivity contribution is 7.92. The largest absolute Gasteiger partial charge is 0.495 e. The van der Waals surface area contributed by atoms with Gasteiger partial charge in [-0.15, -0.1) is 0 Å². The van der Waals surface area contributed by atoms with Crippen LogP contribution >= 0.6 is 0 Å². The van der Waals surface area contributed by atoms with Gasteiger partial charge in [0.15, 0.2) is 0 Å². The molecular formula is C21H26FN3O6S2. The fraction of sp³-hybridized carbons (Fsp3) is 0.381. The first kappa shape index (κ1) is 24.9. The molecule has 1 amide bonds. The van der Waals surface area contributed by atoms with Crippen molar-refractivity contribution in [3.05, 3.63) is 48.3 Å². The van der Waals surface area contributed by atoms with E-state index in [0.717, 1.165) is 42.0 Å². The number of nitrogens with one attached hydrogen (secondary N) is 1. The van der Waals surface area contributed by atoms with Crippen LogP contribution in [0.15, 0.2) is 47.4 Å². The van der Waals surface area contributed by atoms with Crippen LogP contribution in [0.3, 0.4) is 0 Å². The Bertz CT molecular complexity index is 1230. The van der Waals surface area contributed by atoms with E-state index in [1.807, 2.05) is 0 Å². The van der Waals surface area contributed by atoms with Crippen LogP contribution in [0.2, 0.25) is 0 Å². The van der Waals surface area contributed by atoms with Crippen LogP contribution in [-0.4, -0.2) is 60.0 Å². The number of amides is 1. The first-order valence-corrected chi connectivity index (χ1v) is 13.5. The molecule has 180 valence electrons. The SMILES string of the molecule is COc1ccc(S(=O)(=O)N2CCCCC2)cc1NC(=O)CN(c1cccc(F)c1)S(C)(=O)=O. The van der Waals surface area contributed by atoms with E-state index in [9.17, 15) is 26.0 Å². The van der Waals surface area contributed by atoms with E-state index < -0.39 is 38.3 Å². The molecule has 0 spiro atoms. The summed E-state index contributed by atoms with van der Waals surface area (Å²) in [6, 6.07) is 8.96. The molecule has 1 heterocycles. The van der Waals surface area contributed by atoms with Crippen LogP contribution in [0.5, 0.6) is 5.75 Å². The summed E-state index contributed by atoms with van der Waals surface area (Å²) in [4.78, 5) is 12.7. The fourth-order valence-corrected chi connectivity index (χ4v) is 5.94. The third-order valence-electron chi connectivity index (χ3n) is 5.18. The minimum absolute atomic E-state index is 0.00870. The Kier molecular flexibility index (Phi) is 7.60. The van der Waals surface area contributed by atoms with E-state index >= 15 is 0 Å². The average Bonchev–Trinajstić information content (AvgIpc) is 2.77. The Morgan fingerprint density at radius 3 is 2.39 bits per heavy atom.